The molecule has 2 unspecified atom stereocenters. The zero-order valence-corrected chi connectivity index (χ0v) is 14.2. The summed E-state index contributed by atoms with van der Waals surface area (Å²) in [5.41, 5.74) is 1.25. The highest BCUT2D eigenvalue weighted by molar-refractivity contribution is 7.92. The lowest BCUT2D eigenvalue weighted by atomic mass is 9.99. The molecule has 0 bridgehead atoms. The normalized spacial score (nSPS) is 27.4. The van der Waals surface area contributed by atoms with E-state index in [1.54, 1.807) is 6.07 Å². The summed E-state index contributed by atoms with van der Waals surface area (Å²) in [5.74, 6) is -0.398. The summed E-state index contributed by atoms with van der Waals surface area (Å²) in [4.78, 5) is 11.9. The van der Waals surface area contributed by atoms with Crippen LogP contribution in [-0.4, -0.2) is 44.5 Å². The van der Waals surface area contributed by atoms with E-state index in [0.717, 1.165) is 18.4 Å². The first-order valence-corrected chi connectivity index (χ1v) is 9.97. The molecular formula is C17H21NO5S. The predicted molar refractivity (Wildman–Crippen MR) is 88.2 cm³/mol. The van der Waals surface area contributed by atoms with E-state index in [-0.39, 0.29) is 29.7 Å². The number of esters is 1. The van der Waals surface area contributed by atoms with Crippen LogP contribution in [0, 0.1) is 5.41 Å². The molecule has 24 heavy (non-hydrogen) atoms. The quantitative estimate of drug-likeness (QED) is 0.811. The van der Waals surface area contributed by atoms with Crippen molar-refractivity contribution in [2.45, 2.75) is 37.7 Å². The van der Waals surface area contributed by atoms with Gasteiger partial charge in [-0.3, -0.25) is 9.10 Å². The molecule has 0 aromatic heterocycles. The van der Waals surface area contributed by atoms with Gasteiger partial charge in [0.1, 0.15) is 11.9 Å². The Balaban J connectivity index is 1.55. The molecule has 0 radical (unpaired) electrons. The smallest absolute Gasteiger partial charge is 0.312 e. The van der Waals surface area contributed by atoms with Gasteiger partial charge in [-0.1, -0.05) is 18.2 Å². The van der Waals surface area contributed by atoms with Crippen molar-refractivity contribution in [2.24, 2.45) is 5.41 Å². The van der Waals surface area contributed by atoms with Crippen molar-refractivity contribution < 1.29 is 23.1 Å². The minimum atomic E-state index is -3.58. The molecule has 1 aromatic carbocycles. The van der Waals surface area contributed by atoms with Gasteiger partial charge < -0.3 is 9.84 Å². The summed E-state index contributed by atoms with van der Waals surface area (Å²) in [6.07, 6.45) is 2.13. The van der Waals surface area contributed by atoms with Gasteiger partial charge in [0.2, 0.25) is 10.0 Å². The van der Waals surface area contributed by atoms with Crippen molar-refractivity contribution in [1.82, 2.24) is 0 Å². The number of aliphatic hydroxyl groups is 1. The van der Waals surface area contributed by atoms with E-state index >= 15 is 0 Å². The van der Waals surface area contributed by atoms with Crippen molar-refractivity contribution in [3.05, 3.63) is 29.8 Å². The van der Waals surface area contributed by atoms with Crippen LogP contribution in [0.5, 0.6) is 0 Å². The fourth-order valence-electron chi connectivity index (χ4n) is 3.94. The van der Waals surface area contributed by atoms with E-state index in [9.17, 15) is 18.3 Å². The predicted octanol–water partition coefficient (Wildman–Crippen LogP) is 1.40. The maximum Gasteiger partial charge on any atom is 0.312 e. The van der Waals surface area contributed by atoms with E-state index < -0.39 is 16.1 Å². The van der Waals surface area contributed by atoms with E-state index in [1.807, 2.05) is 18.2 Å². The molecule has 0 amide bonds. The first-order valence-electron chi connectivity index (χ1n) is 8.36. The van der Waals surface area contributed by atoms with Crippen LogP contribution in [0.1, 0.15) is 37.2 Å². The van der Waals surface area contributed by atoms with E-state index in [0.29, 0.717) is 25.1 Å². The number of sulfonamides is 1. The molecule has 2 fully saturated rings. The van der Waals surface area contributed by atoms with Crippen LogP contribution >= 0.6 is 0 Å². The fraction of sp³-hybridized carbons (Fsp3) is 0.588. The Labute approximate surface area is 141 Å². The average molecular weight is 351 g/mol. The molecule has 2 aliphatic heterocycles. The number of anilines is 1. The molecule has 4 rings (SSSR count). The molecule has 1 saturated heterocycles. The van der Waals surface area contributed by atoms with Crippen LogP contribution in [-0.2, 0) is 19.6 Å². The number of nitrogens with zero attached hydrogens (tertiary/aromatic N) is 1. The first kappa shape index (κ1) is 15.9. The molecule has 1 saturated carbocycles. The molecular weight excluding hydrogens is 330 g/mol. The van der Waals surface area contributed by atoms with Gasteiger partial charge in [-0.05, 0) is 30.9 Å². The maximum absolute atomic E-state index is 12.9. The SMILES string of the molecule is O=C1OC(CS(=O)(=O)N2CC(CCO)c3ccccc32)CC12CC2. The number of carbonyl (C=O) groups is 1. The molecule has 2 atom stereocenters. The minimum Gasteiger partial charge on any atom is -0.461 e. The van der Waals surface area contributed by atoms with Gasteiger partial charge in [-0.2, -0.15) is 0 Å². The highest BCUT2D eigenvalue weighted by atomic mass is 32.2. The standard InChI is InChI=1S/C17H21NO5S/c19-8-5-12-10-18(15-4-2-1-3-14(12)15)24(21,22)11-13-9-17(6-7-17)16(20)23-13/h1-4,12-13,19H,5-11H2. The number of para-hydroxylation sites is 1. The van der Waals surface area contributed by atoms with E-state index in [2.05, 4.69) is 0 Å². The third-order valence-electron chi connectivity index (χ3n) is 5.42. The second kappa shape index (κ2) is 5.46. The minimum absolute atomic E-state index is 0.00174. The number of fused-ring (bicyclic) bond motifs is 1. The largest absolute Gasteiger partial charge is 0.461 e. The molecule has 7 heteroatoms. The van der Waals surface area contributed by atoms with Crippen LogP contribution in [0.25, 0.3) is 0 Å². The molecule has 1 spiro atoms. The second-order valence-corrected chi connectivity index (χ2v) is 9.03. The Morgan fingerprint density at radius 3 is 2.71 bits per heavy atom. The molecule has 6 nitrogen and oxygen atoms in total. The summed E-state index contributed by atoms with van der Waals surface area (Å²) in [6.45, 7) is 0.365. The number of carbonyl (C=O) groups excluding carboxylic acids is 1. The topological polar surface area (TPSA) is 83.9 Å². The number of hydrogen-bond donors (Lipinski definition) is 1. The number of aliphatic hydroxyl groups excluding tert-OH is 1. The molecule has 1 N–H and O–H groups in total. The van der Waals surface area contributed by atoms with Crippen LogP contribution in [0.4, 0.5) is 5.69 Å². The Morgan fingerprint density at radius 1 is 1.29 bits per heavy atom. The van der Waals surface area contributed by atoms with Gasteiger partial charge in [-0.15, -0.1) is 0 Å². The second-order valence-electron chi connectivity index (χ2n) is 7.09. The lowest BCUT2D eigenvalue weighted by Crippen LogP contribution is -2.36. The maximum atomic E-state index is 12.9. The van der Waals surface area contributed by atoms with Gasteiger partial charge >= 0.3 is 5.97 Å². The third-order valence-corrected chi connectivity index (χ3v) is 7.23. The van der Waals surface area contributed by atoms with Crippen molar-refractivity contribution in [3.63, 3.8) is 0 Å². The number of hydrogen-bond acceptors (Lipinski definition) is 5. The van der Waals surface area contributed by atoms with Crippen LogP contribution < -0.4 is 4.31 Å². The van der Waals surface area contributed by atoms with Crippen molar-refractivity contribution in [2.75, 3.05) is 23.2 Å². The fourth-order valence-corrected chi connectivity index (χ4v) is 5.65. The lowest BCUT2D eigenvalue weighted by Gasteiger charge is -2.21. The zero-order chi connectivity index (χ0) is 16.9. The van der Waals surface area contributed by atoms with Gasteiger partial charge in [0.15, 0.2) is 0 Å². The van der Waals surface area contributed by atoms with Crippen molar-refractivity contribution >= 4 is 21.7 Å². The monoisotopic (exact) mass is 351 g/mol. The van der Waals surface area contributed by atoms with Crippen molar-refractivity contribution in [1.29, 1.82) is 0 Å². The molecule has 2 heterocycles. The van der Waals surface area contributed by atoms with Gasteiger partial charge in [0, 0.05) is 25.5 Å². The van der Waals surface area contributed by atoms with Gasteiger partial charge in [0.25, 0.3) is 0 Å². The number of ether oxygens (including phenoxy) is 1. The highest BCUT2D eigenvalue weighted by Crippen LogP contribution is 2.55. The van der Waals surface area contributed by atoms with Crippen LogP contribution in [0.15, 0.2) is 24.3 Å². The molecule has 1 aliphatic carbocycles. The Kier molecular flexibility index (Phi) is 3.61. The Bertz CT molecular complexity index is 771. The number of rotatable bonds is 5. The average Bonchev–Trinajstić information content (AvgIpc) is 3.12. The summed E-state index contributed by atoms with van der Waals surface area (Å²) in [5, 5.41) is 9.24. The highest BCUT2D eigenvalue weighted by Gasteiger charge is 2.58. The summed E-state index contributed by atoms with van der Waals surface area (Å²) in [7, 11) is -3.58. The van der Waals surface area contributed by atoms with E-state index in [4.69, 9.17) is 4.74 Å². The van der Waals surface area contributed by atoms with Crippen LogP contribution in [0.3, 0.4) is 0 Å². The zero-order valence-electron chi connectivity index (χ0n) is 13.3. The Hall–Kier alpha value is -1.60. The lowest BCUT2D eigenvalue weighted by molar-refractivity contribution is -0.144. The van der Waals surface area contributed by atoms with Crippen molar-refractivity contribution in [3.8, 4) is 0 Å². The number of benzene rings is 1. The third kappa shape index (κ3) is 2.50. The first-order chi connectivity index (χ1) is 11.5. The van der Waals surface area contributed by atoms with Crippen LogP contribution in [0.2, 0.25) is 0 Å². The summed E-state index contributed by atoms with van der Waals surface area (Å²) < 4.78 is 32.6. The Morgan fingerprint density at radius 2 is 2.04 bits per heavy atom. The van der Waals surface area contributed by atoms with Gasteiger partial charge in [-0.25, -0.2) is 8.42 Å². The van der Waals surface area contributed by atoms with E-state index in [1.165, 1.54) is 4.31 Å². The summed E-state index contributed by atoms with van der Waals surface area (Å²) >= 11 is 0. The van der Waals surface area contributed by atoms with Gasteiger partial charge in [0.05, 0.1) is 11.1 Å². The number of cyclic esters (lactones) is 1. The molecule has 130 valence electrons. The molecule has 1 aromatic rings. The summed E-state index contributed by atoms with van der Waals surface area (Å²) in [6, 6.07) is 7.42. The molecule has 3 aliphatic rings.